The molecular weight excluding hydrogens is 297 g/mol. The van der Waals surface area contributed by atoms with Crippen molar-refractivity contribution in [2.75, 3.05) is 5.32 Å². The van der Waals surface area contributed by atoms with Gasteiger partial charge in [-0.05, 0) is 19.1 Å². The molecule has 2 aromatic heterocycles. The number of aromatic nitrogens is 4. The molecule has 2 N–H and O–H groups in total. The molecule has 24 heavy (non-hydrogen) atoms. The molecular formula is C18H14BN5. The highest BCUT2D eigenvalue weighted by Gasteiger charge is 2.10. The Morgan fingerprint density at radius 3 is 2.54 bits per heavy atom. The van der Waals surface area contributed by atoms with Crippen molar-refractivity contribution < 1.29 is 0 Å². The maximum Gasteiger partial charge on any atom is 0.162 e. The molecule has 4 aromatic rings. The molecule has 0 aliphatic rings. The Labute approximate surface area is 140 Å². The van der Waals surface area contributed by atoms with E-state index < -0.39 is 0 Å². The van der Waals surface area contributed by atoms with E-state index in [4.69, 9.17) is 7.85 Å². The fourth-order valence-electron chi connectivity index (χ4n) is 2.54. The molecule has 5 nitrogen and oxygen atoms in total. The molecule has 0 saturated carbocycles. The molecule has 114 valence electrons. The van der Waals surface area contributed by atoms with E-state index in [2.05, 4.69) is 25.5 Å². The number of rotatable bonds is 3. The van der Waals surface area contributed by atoms with Crippen LogP contribution in [0.15, 0.2) is 54.6 Å². The van der Waals surface area contributed by atoms with Gasteiger partial charge in [0.2, 0.25) is 0 Å². The number of nitrogens with one attached hydrogen (secondary N) is 2. The zero-order valence-corrected chi connectivity index (χ0v) is 13.1. The Balaban J connectivity index is 1.85. The van der Waals surface area contributed by atoms with Gasteiger partial charge in [-0.15, -0.1) is 0 Å². The summed E-state index contributed by atoms with van der Waals surface area (Å²) >= 11 is 0. The van der Waals surface area contributed by atoms with E-state index in [0.29, 0.717) is 11.3 Å². The number of benzene rings is 2. The average molecular weight is 311 g/mol. The molecule has 2 heterocycles. The first kappa shape index (κ1) is 14.4. The van der Waals surface area contributed by atoms with Gasteiger partial charge in [0.25, 0.3) is 0 Å². The minimum absolute atomic E-state index is 0.642. The van der Waals surface area contributed by atoms with Gasteiger partial charge in [0.05, 0.1) is 5.52 Å². The fraction of sp³-hybridized carbons (Fsp3) is 0.0556. The van der Waals surface area contributed by atoms with Crippen molar-refractivity contribution in [3.63, 3.8) is 0 Å². The van der Waals surface area contributed by atoms with E-state index in [1.165, 1.54) is 0 Å². The van der Waals surface area contributed by atoms with Gasteiger partial charge in [0.1, 0.15) is 13.7 Å². The summed E-state index contributed by atoms with van der Waals surface area (Å²) in [5.74, 6) is 2.09. The number of fused-ring (bicyclic) bond motifs is 1. The van der Waals surface area contributed by atoms with Crippen LogP contribution in [0, 0.1) is 6.92 Å². The van der Waals surface area contributed by atoms with Crippen molar-refractivity contribution in [2.24, 2.45) is 0 Å². The van der Waals surface area contributed by atoms with Crippen molar-refractivity contribution in [1.82, 2.24) is 20.2 Å². The highest BCUT2D eigenvalue weighted by molar-refractivity contribution is 6.32. The number of hydrogen-bond donors (Lipinski definition) is 2. The van der Waals surface area contributed by atoms with E-state index in [1.54, 1.807) is 0 Å². The first-order valence-electron chi connectivity index (χ1n) is 7.61. The van der Waals surface area contributed by atoms with Crippen LogP contribution in [0.4, 0.5) is 11.6 Å². The average Bonchev–Trinajstić information content (AvgIpc) is 3.00. The van der Waals surface area contributed by atoms with Crippen LogP contribution >= 0.6 is 0 Å². The van der Waals surface area contributed by atoms with Crippen LogP contribution in [0.2, 0.25) is 0 Å². The third kappa shape index (κ3) is 2.74. The summed E-state index contributed by atoms with van der Waals surface area (Å²) in [7, 11) is 5.76. The predicted octanol–water partition coefficient (Wildman–Crippen LogP) is 2.87. The fourth-order valence-corrected chi connectivity index (χ4v) is 2.54. The summed E-state index contributed by atoms with van der Waals surface area (Å²) in [6.45, 7) is 1.95. The minimum Gasteiger partial charge on any atom is -0.323 e. The molecule has 0 unspecified atom stereocenters. The Morgan fingerprint density at radius 1 is 1.00 bits per heavy atom. The van der Waals surface area contributed by atoms with Crippen LogP contribution in [0.25, 0.3) is 22.3 Å². The number of hydrogen-bond acceptors (Lipinski definition) is 4. The molecule has 2 aromatic carbocycles. The number of anilines is 2. The lowest BCUT2D eigenvalue weighted by atomic mass is 9.95. The van der Waals surface area contributed by atoms with Gasteiger partial charge in [-0.3, -0.25) is 5.10 Å². The van der Waals surface area contributed by atoms with Crippen LogP contribution < -0.4 is 10.8 Å². The third-order valence-corrected chi connectivity index (χ3v) is 3.72. The molecule has 2 radical (unpaired) electrons. The first-order chi connectivity index (χ1) is 11.7. The van der Waals surface area contributed by atoms with Crippen LogP contribution in [0.5, 0.6) is 0 Å². The number of aromatic amines is 1. The van der Waals surface area contributed by atoms with Crippen LogP contribution in [0.3, 0.4) is 0 Å². The summed E-state index contributed by atoms with van der Waals surface area (Å²) in [5.41, 5.74) is 3.48. The Hall–Kier alpha value is -3.15. The second kappa shape index (κ2) is 5.81. The van der Waals surface area contributed by atoms with Crippen LogP contribution in [-0.2, 0) is 0 Å². The van der Waals surface area contributed by atoms with Gasteiger partial charge in [0.15, 0.2) is 11.6 Å². The molecule has 0 fully saturated rings. The topological polar surface area (TPSA) is 66.5 Å². The minimum atomic E-state index is 0.642. The first-order valence-corrected chi connectivity index (χ1v) is 7.61. The molecule has 0 aliphatic heterocycles. The Morgan fingerprint density at radius 2 is 1.79 bits per heavy atom. The summed E-state index contributed by atoms with van der Waals surface area (Å²) in [5, 5.41) is 11.4. The second-order valence-electron chi connectivity index (χ2n) is 5.60. The van der Waals surface area contributed by atoms with Gasteiger partial charge >= 0.3 is 0 Å². The normalized spacial score (nSPS) is 10.9. The summed E-state index contributed by atoms with van der Waals surface area (Å²) in [4.78, 5) is 9.35. The van der Waals surface area contributed by atoms with E-state index in [-0.39, 0.29) is 0 Å². The number of nitrogens with zero attached hydrogens (tertiary/aromatic N) is 3. The zero-order chi connectivity index (χ0) is 16.5. The maximum atomic E-state index is 5.76. The number of H-pyrrole nitrogens is 1. The van der Waals surface area contributed by atoms with Crippen molar-refractivity contribution >= 4 is 35.8 Å². The largest absolute Gasteiger partial charge is 0.323 e. The predicted molar refractivity (Wildman–Crippen MR) is 97.0 cm³/mol. The van der Waals surface area contributed by atoms with Gasteiger partial charge in [-0.1, -0.05) is 41.9 Å². The van der Waals surface area contributed by atoms with Crippen molar-refractivity contribution in [3.8, 4) is 11.4 Å². The number of aryl methyl sites for hydroxylation is 1. The molecule has 0 saturated heterocycles. The maximum absolute atomic E-state index is 5.76. The highest BCUT2D eigenvalue weighted by atomic mass is 15.2. The van der Waals surface area contributed by atoms with Gasteiger partial charge in [-0.2, -0.15) is 5.10 Å². The van der Waals surface area contributed by atoms with Crippen molar-refractivity contribution in [1.29, 1.82) is 0 Å². The molecule has 0 spiro atoms. The third-order valence-electron chi connectivity index (χ3n) is 3.72. The van der Waals surface area contributed by atoms with Crippen molar-refractivity contribution in [3.05, 3.63) is 60.3 Å². The summed E-state index contributed by atoms with van der Waals surface area (Å²) in [6.07, 6.45) is 0. The van der Waals surface area contributed by atoms with E-state index >= 15 is 0 Å². The highest BCUT2D eigenvalue weighted by Crippen LogP contribution is 2.26. The smallest absolute Gasteiger partial charge is 0.162 e. The molecule has 0 bridgehead atoms. The second-order valence-corrected chi connectivity index (χ2v) is 5.60. The lowest BCUT2D eigenvalue weighted by molar-refractivity contribution is 1.05. The number of para-hydroxylation sites is 1. The molecule has 6 heteroatoms. The molecule has 0 amide bonds. The van der Waals surface area contributed by atoms with Gasteiger partial charge in [0, 0.05) is 22.7 Å². The molecule has 4 rings (SSSR count). The SMILES string of the molecule is [B]c1ccc(-c2nc(Nc3cc(C)[nH]n3)c3ccccc3n2)cc1. The van der Waals surface area contributed by atoms with Crippen molar-refractivity contribution in [2.45, 2.75) is 6.92 Å². The van der Waals surface area contributed by atoms with Crippen LogP contribution in [-0.4, -0.2) is 28.0 Å². The lowest BCUT2D eigenvalue weighted by Crippen LogP contribution is -2.02. The van der Waals surface area contributed by atoms with E-state index in [1.807, 2.05) is 61.5 Å². The Bertz CT molecular complexity index is 1010. The Kier molecular flexibility index (Phi) is 3.50. The van der Waals surface area contributed by atoms with Gasteiger partial charge in [-0.25, -0.2) is 9.97 Å². The van der Waals surface area contributed by atoms with E-state index in [9.17, 15) is 0 Å². The van der Waals surface area contributed by atoms with Crippen LogP contribution in [0.1, 0.15) is 5.69 Å². The zero-order valence-electron chi connectivity index (χ0n) is 13.1. The molecule has 0 atom stereocenters. The summed E-state index contributed by atoms with van der Waals surface area (Å²) in [6, 6.07) is 17.3. The summed E-state index contributed by atoms with van der Waals surface area (Å²) < 4.78 is 0. The molecule has 0 aliphatic carbocycles. The van der Waals surface area contributed by atoms with E-state index in [0.717, 1.165) is 33.8 Å². The standard InChI is InChI=1S/C18H14BN5/c1-11-10-16(24-23-11)21-18-14-4-2-3-5-15(14)20-17(22-18)12-6-8-13(19)9-7-12/h2-10H,1H3,(H2,20,21,22,23,24). The monoisotopic (exact) mass is 311 g/mol. The lowest BCUT2D eigenvalue weighted by Gasteiger charge is -2.09. The van der Waals surface area contributed by atoms with Gasteiger partial charge < -0.3 is 5.32 Å². The quantitative estimate of drug-likeness (QED) is 0.571.